The molecule has 0 aliphatic carbocycles. The third kappa shape index (κ3) is 4.46. The molecule has 2 amide bonds. The van der Waals surface area contributed by atoms with Crippen molar-refractivity contribution >= 4 is 22.6 Å². The number of hydrazine groups is 1. The summed E-state index contributed by atoms with van der Waals surface area (Å²) in [5.74, 6) is -1.86. The van der Waals surface area contributed by atoms with E-state index < -0.39 is 24.2 Å². The van der Waals surface area contributed by atoms with E-state index in [4.69, 9.17) is 4.74 Å². The van der Waals surface area contributed by atoms with Crippen molar-refractivity contribution in [1.29, 1.82) is 0 Å². The van der Waals surface area contributed by atoms with Crippen LogP contribution in [-0.4, -0.2) is 28.6 Å². The zero-order valence-electron chi connectivity index (χ0n) is 14.0. The SMILES string of the molecule is O=C(COc1ccccc1F)NNC(=O)Cc1n[nH]c(=O)c2ccccc12. The van der Waals surface area contributed by atoms with Gasteiger partial charge in [-0.1, -0.05) is 30.3 Å². The number of aromatic amines is 1. The molecule has 138 valence electrons. The van der Waals surface area contributed by atoms with E-state index in [1.54, 1.807) is 30.3 Å². The van der Waals surface area contributed by atoms with Crippen LogP contribution in [-0.2, 0) is 16.0 Å². The smallest absolute Gasteiger partial charge is 0.276 e. The van der Waals surface area contributed by atoms with Crippen LogP contribution < -0.4 is 21.1 Å². The molecule has 3 N–H and O–H groups in total. The lowest BCUT2D eigenvalue weighted by Gasteiger charge is -2.09. The molecule has 0 radical (unpaired) electrons. The van der Waals surface area contributed by atoms with Crippen LogP contribution in [0.2, 0.25) is 0 Å². The number of carbonyl (C=O) groups is 2. The Morgan fingerprint density at radius 2 is 1.67 bits per heavy atom. The van der Waals surface area contributed by atoms with Crippen LogP contribution in [0.25, 0.3) is 10.8 Å². The molecule has 3 rings (SSSR count). The summed E-state index contributed by atoms with van der Waals surface area (Å²) in [6.45, 7) is -0.471. The molecule has 0 spiro atoms. The van der Waals surface area contributed by atoms with Gasteiger partial charge in [0.1, 0.15) is 0 Å². The first-order valence-electron chi connectivity index (χ1n) is 7.96. The predicted molar refractivity (Wildman–Crippen MR) is 94.2 cm³/mol. The molecule has 0 unspecified atom stereocenters. The number of benzene rings is 2. The number of hydrogen-bond acceptors (Lipinski definition) is 5. The van der Waals surface area contributed by atoms with Gasteiger partial charge < -0.3 is 4.74 Å². The summed E-state index contributed by atoms with van der Waals surface area (Å²) in [6, 6.07) is 12.4. The topological polar surface area (TPSA) is 113 Å². The van der Waals surface area contributed by atoms with Gasteiger partial charge in [0.15, 0.2) is 18.2 Å². The Morgan fingerprint density at radius 3 is 2.44 bits per heavy atom. The normalized spacial score (nSPS) is 10.4. The molecule has 2 aromatic carbocycles. The van der Waals surface area contributed by atoms with Crippen molar-refractivity contribution in [2.24, 2.45) is 0 Å². The molecule has 27 heavy (non-hydrogen) atoms. The standard InChI is InChI=1S/C18H15FN4O4/c19-13-7-3-4-8-15(13)27-10-17(25)22-21-16(24)9-14-11-5-1-2-6-12(11)18(26)23-20-14/h1-8H,9-10H2,(H,21,24)(H,22,25)(H,23,26). The lowest BCUT2D eigenvalue weighted by atomic mass is 10.1. The van der Waals surface area contributed by atoms with Crippen LogP contribution in [0.15, 0.2) is 53.3 Å². The van der Waals surface area contributed by atoms with Gasteiger partial charge in [0.05, 0.1) is 17.5 Å². The first-order valence-corrected chi connectivity index (χ1v) is 7.96. The van der Waals surface area contributed by atoms with Crippen molar-refractivity contribution in [2.45, 2.75) is 6.42 Å². The molecule has 0 saturated carbocycles. The highest BCUT2D eigenvalue weighted by Crippen LogP contribution is 2.15. The molecule has 0 fully saturated rings. The molecule has 0 aliphatic rings. The van der Waals surface area contributed by atoms with Crippen LogP contribution in [0.3, 0.4) is 0 Å². The Hall–Kier alpha value is -3.75. The highest BCUT2D eigenvalue weighted by atomic mass is 19.1. The number of amides is 2. The van der Waals surface area contributed by atoms with E-state index in [-0.39, 0.29) is 17.7 Å². The van der Waals surface area contributed by atoms with Gasteiger partial charge in [0.25, 0.3) is 11.5 Å². The zero-order chi connectivity index (χ0) is 19.2. The minimum atomic E-state index is -0.661. The van der Waals surface area contributed by atoms with Gasteiger partial charge in [-0.15, -0.1) is 0 Å². The van der Waals surface area contributed by atoms with Crippen LogP contribution in [0.5, 0.6) is 5.75 Å². The van der Waals surface area contributed by atoms with Crippen molar-refractivity contribution in [3.63, 3.8) is 0 Å². The average molecular weight is 370 g/mol. The number of fused-ring (bicyclic) bond motifs is 1. The van der Waals surface area contributed by atoms with Crippen LogP contribution in [0.4, 0.5) is 4.39 Å². The van der Waals surface area contributed by atoms with Gasteiger partial charge >= 0.3 is 0 Å². The minimum absolute atomic E-state index is 0.0668. The second kappa shape index (κ2) is 8.09. The van der Waals surface area contributed by atoms with E-state index in [2.05, 4.69) is 21.0 Å². The van der Waals surface area contributed by atoms with Crippen molar-refractivity contribution in [3.8, 4) is 5.75 Å². The molecule has 0 atom stereocenters. The van der Waals surface area contributed by atoms with E-state index in [0.29, 0.717) is 16.5 Å². The fraction of sp³-hybridized carbons (Fsp3) is 0.111. The third-order valence-electron chi connectivity index (χ3n) is 3.64. The molecule has 8 nitrogen and oxygen atoms in total. The van der Waals surface area contributed by atoms with E-state index in [0.717, 1.165) is 0 Å². The van der Waals surface area contributed by atoms with Gasteiger partial charge in [-0.05, 0) is 18.2 Å². The second-order valence-electron chi connectivity index (χ2n) is 5.54. The van der Waals surface area contributed by atoms with Crippen molar-refractivity contribution in [1.82, 2.24) is 21.0 Å². The molecule has 1 heterocycles. The average Bonchev–Trinajstić information content (AvgIpc) is 2.68. The van der Waals surface area contributed by atoms with Gasteiger partial charge in [0, 0.05) is 5.39 Å². The minimum Gasteiger partial charge on any atom is -0.481 e. The summed E-state index contributed by atoms with van der Waals surface area (Å²) in [4.78, 5) is 35.4. The molecule has 3 aromatic rings. The van der Waals surface area contributed by atoms with E-state index in [1.807, 2.05) is 0 Å². The van der Waals surface area contributed by atoms with E-state index in [1.165, 1.54) is 18.2 Å². The maximum Gasteiger partial charge on any atom is 0.276 e. The molecular weight excluding hydrogens is 355 g/mol. The van der Waals surface area contributed by atoms with Gasteiger partial charge in [0.2, 0.25) is 5.91 Å². The summed E-state index contributed by atoms with van der Waals surface area (Å²) >= 11 is 0. The lowest BCUT2D eigenvalue weighted by Crippen LogP contribution is -2.44. The first-order chi connectivity index (χ1) is 13.0. The number of H-pyrrole nitrogens is 1. The summed E-state index contributed by atoms with van der Waals surface area (Å²) in [7, 11) is 0. The Kier molecular flexibility index (Phi) is 5.41. The van der Waals surface area contributed by atoms with Crippen molar-refractivity contribution in [3.05, 3.63) is 70.4 Å². The van der Waals surface area contributed by atoms with Crippen molar-refractivity contribution < 1.29 is 18.7 Å². The number of nitrogens with one attached hydrogen (secondary N) is 3. The number of halogens is 1. The number of rotatable bonds is 5. The van der Waals surface area contributed by atoms with E-state index in [9.17, 15) is 18.8 Å². The Morgan fingerprint density at radius 1 is 1.00 bits per heavy atom. The number of carbonyl (C=O) groups excluding carboxylic acids is 2. The summed E-state index contributed by atoms with van der Waals surface area (Å²) in [5, 5.41) is 7.17. The van der Waals surface area contributed by atoms with Crippen LogP contribution >= 0.6 is 0 Å². The fourth-order valence-electron chi connectivity index (χ4n) is 2.38. The number of hydrogen-bond donors (Lipinski definition) is 3. The first kappa shape index (κ1) is 18.1. The quantitative estimate of drug-likeness (QED) is 0.576. The van der Waals surface area contributed by atoms with Crippen molar-refractivity contribution in [2.75, 3.05) is 6.61 Å². The predicted octanol–water partition coefficient (Wildman–Crippen LogP) is 0.831. The Bertz CT molecular complexity index is 1050. The van der Waals surface area contributed by atoms with Gasteiger partial charge in [-0.2, -0.15) is 5.10 Å². The highest BCUT2D eigenvalue weighted by molar-refractivity contribution is 5.89. The molecule has 0 bridgehead atoms. The summed E-state index contributed by atoms with van der Waals surface area (Å²) in [6.07, 6.45) is -0.161. The molecular formula is C18H15FN4O4. The monoisotopic (exact) mass is 370 g/mol. The third-order valence-corrected chi connectivity index (χ3v) is 3.64. The second-order valence-corrected chi connectivity index (χ2v) is 5.54. The summed E-state index contributed by atoms with van der Waals surface area (Å²) < 4.78 is 18.4. The van der Waals surface area contributed by atoms with Gasteiger partial charge in [-0.3, -0.25) is 25.2 Å². The number of ether oxygens (including phenoxy) is 1. The number of nitrogens with zero attached hydrogens (tertiary/aromatic N) is 1. The molecule has 9 heteroatoms. The van der Waals surface area contributed by atoms with Crippen LogP contribution in [0.1, 0.15) is 5.69 Å². The molecule has 0 aliphatic heterocycles. The van der Waals surface area contributed by atoms with Gasteiger partial charge in [-0.25, -0.2) is 9.49 Å². The lowest BCUT2D eigenvalue weighted by molar-refractivity contribution is -0.129. The Labute approximate surface area is 152 Å². The summed E-state index contributed by atoms with van der Waals surface area (Å²) in [5.41, 5.74) is 4.39. The Balaban J connectivity index is 1.54. The van der Waals surface area contributed by atoms with Crippen LogP contribution in [0, 0.1) is 5.82 Å². The fourth-order valence-corrected chi connectivity index (χ4v) is 2.38. The highest BCUT2D eigenvalue weighted by Gasteiger charge is 2.12. The molecule has 1 aromatic heterocycles. The number of aromatic nitrogens is 2. The maximum atomic E-state index is 13.4. The number of para-hydroxylation sites is 1. The molecule has 0 saturated heterocycles. The largest absolute Gasteiger partial charge is 0.481 e. The zero-order valence-corrected chi connectivity index (χ0v) is 14.0. The maximum absolute atomic E-state index is 13.4. The van der Waals surface area contributed by atoms with E-state index >= 15 is 0 Å².